The number of carbonyl (C=O) groups is 1. The van der Waals surface area contributed by atoms with Crippen molar-refractivity contribution in [2.24, 2.45) is 0 Å². The standard InChI is InChI=1S/C10H8N2O2/c11-7-2-4-8-6(5-7)1-3-9(12-8)10(13)14/h1-5H,11H2,(H,13,14). The first kappa shape index (κ1) is 8.50. The maximum atomic E-state index is 10.6. The van der Waals surface area contributed by atoms with Gasteiger partial charge in [-0.1, -0.05) is 6.07 Å². The molecule has 0 bridgehead atoms. The zero-order chi connectivity index (χ0) is 10.1. The number of nitrogens with zero attached hydrogens (tertiary/aromatic N) is 1. The fraction of sp³-hybridized carbons (Fsp3) is 0. The molecule has 1 aromatic heterocycles. The molecule has 0 radical (unpaired) electrons. The summed E-state index contributed by atoms with van der Waals surface area (Å²) in [5.74, 6) is -1.02. The number of carboxylic acid groups (broad SMARTS) is 1. The Morgan fingerprint density at radius 1 is 1.29 bits per heavy atom. The lowest BCUT2D eigenvalue weighted by Crippen LogP contribution is -1.99. The van der Waals surface area contributed by atoms with Crippen LogP contribution in [0.1, 0.15) is 10.5 Å². The first-order valence-electron chi connectivity index (χ1n) is 4.06. The third-order valence-electron chi connectivity index (χ3n) is 1.93. The largest absolute Gasteiger partial charge is 0.477 e. The number of aromatic carboxylic acids is 1. The van der Waals surface area contributed by atoms with E-state index in [1.807, 2.05) is 0 Å². The van der Waals surface area contributed by atoms with Gasteiger partial charge in [0.25, 0.3) is 0 Å². The van der Waals surface area contributed by atoms with E-state index < -0.39 is 5.97 Å². The van der Waals surface area contributed by atoms with Crippen molar-refractivity contribution in [3.05, 3.63) is 36.0 Å². The molecule has 0 atom stereocenters. The second-order valence-corrected chi connectivity index (χ2v) is 2.95. The van der Waals surface area contributed by atoms with E-state index in [-0.39, 0.29) is 5.69 Å². The van der Waals surface area contributed by atoms with E-state index >= 15 is 0 Å². The molecule has 0 aliphatic rings. The van der Waals surface area contributed by atoms with Gasteiger partial charge in [-0.25, -0.2) is 9.78 Å². The van der Waals surface area contributed by atoms with Crippen molar-refractivity contribution in [3.8, 4) is 0 Å². The van der Waals surface area contributed by atoms with Crippen molar-refractivity contribution in [3.63, 3.8) is 0 Å². The minimum Gasteiger partial charge on any atom is -0.477 e. The monoisotopic (exact) mass is 188 g/mol. The maximum absolute atomic E-state index is 10.6. The van der Waals surface area contributed by atoms with E-state index in [2.05, 4.69) is 4.98 Å². The summed E-state index contributed by atoms with van der Waals surface area (Å²) in [7, 11) is 0. The molecule has 0 spiro atoms. The van der Waals surface area contributed by atoms with Crippen LogP contribution in [0.4, 0.5) is 5.69 Å². The first-order valence-corrected chi connectivity index (χ1v) is 4.06. The number of nitrogen functional groups attached to an aromatic ring is 1. The molecule has 0 unspecified atom stereocenters. The highest BCUT2D eigenvalue weighted by Crippen LogP contribution is 2.15. The zero-order valence-corrected chi connectivity index (χ0v) is 7.27. The van der Waals surface area contributed by atoms with Gasteiger partial charge in [0.15, 0.2) is 0 Å². The number of benzene rings is 1. The summed E-state index contributed by atoms with van der Waals surface area (Å²) in [5, 5.41) is 9.55. The molecule has 1 aromatic carbocycles. The second-order valence-electron chi connectivity index (χ2n) is 2.95. The highest BCUT2D eigenvalue weighted by Gasteiger charge is 2.04. The topological polar surface area (TPSA) is 76.2 Å². The summed E-state index contributed by atoms with van der Waals surface area (Å²) >= 11 is 0. The normalized spacial score (nSPS) is 10.3. The molecule has 0 saturated heterocycles. The molecule has 0 aliphatic carbocycles. The van der Waals surface area contributed by atoms with E-state index in [4.69, 9.17) is 10.8 Å². The Kier molecular flexibility index (Phi) is 1.81. The lowest BCUT2D eigenvalue weighted by Gasteiger charge is -1.99. The molecule has 1 heterocycles. The molecule has 4 nitrogen and oxygen atoms in total. The van der Waals surface area contributed by atoms with Crippen LogP contribution in [-0.2, 0) is 0 Å². The number of hydrogen-bond acceptors (Lipinski definition) is 3. The Morgan fingerprint density at radius 2 is 2.07 bits per heavy atom. The summed E-state index contributed by atoms with van der Waals surface area (Å²) < 4.78 is 0. The zero-order valence-electron chi connectivity index (χ0n) is 7.27. The SMILES string of the molecule is Nc1ccc2nc(C(=O)O)ccc2c1. The molecule has 0 aliphatic heterocycles. The number of carboxylic acids is 1. The van der Waals surface area contributed by atoms with Crippen LogP contribution in [0.5, 0.6) is 0 Å². The lowest BCUT2D eigenvalue weighted by atomic mass is 10.2. The van der Waals surface area contributed by atoms with E-state index in [1.165, 1.54) is 6.07 Å². The van der Waals surface area contributed by atoms with Gasteiger partial charge in [-0.3, -0.25) is 0 Å². The van der Waals surface area contributed by atoms with Crippen molar-refractivity contribution < 1.29 is 9.90 Å². The van der Waals surface area contributed by atoms with Gasteiger partial charge < -0.3 is 10.8 Å². The average Bonchev–Trinajstić information content (AvgIpc) is 2.16. The third kappa shape index (κ3) is 1.37. The number of hydrogen-bond donors (Lipinski definition) is 2. The van der Waals surface area contributed by atoms with Gasteiger partial charge in [0.2, 0.25) is 0 Å². The molecule has 4 heteroatoms. The van der Waals surface area contributed by atoms with Crippen molar-refractivity contribution in [2.45, 2.75) is 0 Å². The van der Waals surface area contributed by atoms with Crippen LogP contribution in [0, 0.1) is 0 Å². The maximum Gasteiger partial charge on any atom is 0.354 e. The fourth-order valence-electron chi connectivity index (χ4n) is 1.26. The molecular weight excluding hydrogens is 180 g/mol. The fourth-order valence-corrected chi connectivity index (χ4v) is 1.26. The molecule has 70 valence electrons. The molecule has 0 fully saturated rings. The van der Waals surface area contributed by atoms with Gasteiger partial charge in [-0.2, -0.15) is 0 Å². The summed E-state index contributed by atoms with van der Waals surface area (Å²) in [5.41, 5.74) is 6.90. The van der Waals surface area contributed by atoms with Crippen LogP contribution in [0.2, 0.25) is 0 Å². The summed E-state index contributed by atoms with van der Waals surface area (Å²) in [6.45, 7) is 0. The molecule has 0 saturated carbocycles. The predicted octanol–water partition coefficient (Wildman–Crippen LogP) is 1.52. The molecule has 2 aromatic rings. The molecule has 0 amide bonds. The predicted molar refractivity (Wildman–Crippen MR) is 53.1 cm³/mol. The van der Waals surface area contributed by atoms with Crippen LogP contribution >= 0.6 is 0 Å². The Labute approximate surface area is 80.0 Å². The van der Waals surface area contributed by atoms with Gasteiger partial charge in [0, 0.05) is 11.1 Å². The number of pyridine rings is 1. The second kappa shape index (κ2) is 2.99. The van der Waals surface area contributed by atoms with Crippen LogP contribution in [0.3, 0.4) is 0 Å². The van der Waals surface area contributed by atoms with E-state index in [0.717, 1.165) is 5.39 Å². The van der Waals surface area contributed by atoms with Gasteiger partial charge >= 0.3 is 5.97 Å². The smallest absolute Gasteiger partial charge is 0.354 e. The Morgan fingerprint density at radius 3 is 2.79 bits per heavy atom. The van der Waals surface area contributed by atoms with Crippen LogP contribution in [0.25, 0.3) is 10.9 Å². The third-order valence-corrected chi connectivity index (χ3v) is 1.93. The first-order chi connectivity index (χ1) is 6.66. The van der Waals surface area contributed by atoms with Crippen LogP contribution < -0.4 is 5.73 Å². The summed E-state index contributed by atoms with van der Waals surface area (Å²) in [6, 6.07) is 8.32. The Bertz CT molecular complexity index is 508. The highest BCUT2D eigenvalue weighted by molar-refractivity contribution is 5.90. The number of rotatable bonds is 1. The summed E-state index contributed by atoms with van der Waals surface area (Å²) in [4.78, 5) is 14.6. The minimum atomic E-state index is -1.02. The molecule has 3 N–H and O–H groups in total. The van der Waals surface area contributed by atoms with Crippen molar-refractivity contribution >= 4 is 22.6 Å². The quantitative estimate of drug-likeness (QED) is 0.665. The Balaban J connectivity index is 2.67. The lowest BCUT2D eigenvalue weighted by molar-refractivity contribution is 0.0691. The van der Waals surface area contributed by atoms with Crippen molar-refractivity contribution in [1.29, 1.82) is 0 Å². The highest BCUT2D eigenvalue weighted by atomic mass is 16.4. The minimum absolute atomic E-state index is 0.0438. The van der Waals surface area contributed by atoms with Crippen molar-refractivity contribution in [1.82, 2.24) is 4.98 Å². The molecule has 14 heavy (non-hydrogen) atoms. The average molecular weight is 188 g/mol. The van der Waals surface area contributed by atoms with Gasteiger partial charge in [0.05, 0.1) is 5.52 Å². The van der Waals surface area contributed by atoms with Crippen LogP contribution in [-0.4, -0.2) is 16.1 Å². The van der Waals surface area contributed by atoms with E-state index in [0.29, 0.717) is 11.2 Å². The Hall–Kier alpha value is -2.10. The number of aromatic nitrogens is 1. The van der Waals surface area contributed by atoms with Crippen LogP contribution in [0.15, 0.2) is 30.3 Å². The number of anilines is 1. The van der Waals surface area contributed by atoms with Crippen molar-refractivity contribution in [2.75, 3.05) is 5.73 Å². The van der Waals surface area contributed by atoms with E-state index in [1.54, 1.807) is 24.3 Å². The molecule has 2 rings (SSSR count). The number of nitrogens with two attached hydrogens (primary N) is 1. The van der Waals surface area contributed by atoms with Gasteiger partial charge in [-0.15, -0.1) is 0 Å². The van der Waals surface area contributed by atoms with Gasteiger partial charge in [0.1, 0.15) is 5.69 Å². The van der Waals surface area contributed by atoms with E-state index in [9.17, 15) is 4.79 Å². The van der Waals surface area contributed by atoms with Gasteiger partial charge in [-0.05, 0) is 24.3 Å². The number of fused-ring (bicyclic) bond motifs is 1. The molecular formula is C10H8N2O2. The summed E-state index contributed by atoms with van der Waals surface area (Å²) in [6.07, 6.45) is 0.